The summed E-state index contributed by atoms with van der Waals surface area (Å²) in [6, 6.07) is 1.12. The van der Waals surface area contributed by atoms with Crippen molar-refractivity contribution in [2.75, 3.05) is 7.11 Å². The van der Waals surface area contributed by atoms with Crippen LogP contribution in [0.15, 0.2) is 12.1 Å². The van der Waals surface area contributed by atoms with Gasteiger partial charge in [0.2, 0.25) is 0 Å². The summed E-state index contributed by atoms with van der Waals surface area (Å²) >= 11 is 0. The maximum absolute atomic E-state index is 13.5. The molecule has 1 aromatic carbocycles. The van der Waals surface area contributed by atoms with E-state index in [1.54, 1.807) is 0 Å². The lowest BCUT2D eigenvalue weighted by atomic mass is 10.1. The van der Waals surface area contributed by atoms with Gasteiger partial charge in [0.25, 0.3) is 5.69 Å². The Hall–Kier alpha value is -2.95. The zero-order valence-electron chi connectivity index (χ0n) is 9.47. The molecule has 0 bridgehead atoms. The maximum atomic E-state index is 13.5. The second-order valence-electron chi connectivity index (χ2n) is 3.15. The number of carbonyl (C=O) groups excluding carboxylic acids is 1. The molecule has 0 aliphatic heterocycles. The first-order chi connectivity index (χ1) is 8.86. The van der Waals surface area contributed by atoms with Gasteiger partial charge < -0.3 is 9.84 Å². The number of rotatable bonds is 2. The summed E-state index contributed by atoms with van der Waals surface area (Å²) < 4.78 is 17.7. The summed E-state index contributed by atoms with van der Waals surface area (Å²) in [4.78, 5) is 31.1. The first kappa shape index (κ1) is 14.1. The fourth-order valence-corrected chi connectivity index (χ4v) is 1.15. The van der Waals surface area contributed by atoms with Gasteiger partial charge in [-0.15, -0.1) is 0 Å². The predicted octanol–water partition coefficient (Wildman–Crippen LogP) is 0.957. The molecule has 98 valence electrons. The van der Waals surface area contributed by atoms with Crippen LogP contribution in [-0.4, -0.2) is 29.1 Å². The van der Waals surface area contributed by atoms with Crippen LogP contribution in [0.1, 0.15) is 15.9 Å². The van der Waals surface area contributed by atoms with E-state index in [0.717, 1.165) is 7.11 Å². The van der Waals surface area contributed by atoms with Gasteiger partial charge in [0.15, 0.2) is 0 Å². The Kier molecular flexibility index (Phi) is 4.15. The molecule has 1 aromatic rings. The fourth-order valence-electron chi connectivity index (χ4n) is 1.15. The number of carbonyl (C=O) groups is 2. The van der Waals surface area contributed by atoms with Crippen molar-refractivity contribution in [3.05, 3.63) is 39.2 Å². The van der Waals surface area contributed by atoms with Crippen LogP contribution in [0.2, 0.25) is 0 Å². The van der Waals surface area contributed by atoms with Crippen molar-refractivity contribution < 1.29 is 28.7 Å². The third-order valence-corrected chi connectivity index (χ3v) is 2.00. The lowest BCUT2D eigenvalue weighted by molar-refractivity contribution is -0.385. The van der Waals surface area contributed by atoms with Crippen molar-refractivity contribution in [1.82, 2.24) is 0 Å². The molecular formula is C11H6FNO6. The molecule has 0 radical (unpaired) electrons. The lowest BCUT2D eigenvalue weighted by Crippen LogP contribution is -2.05. The third-order valence-electron chi connectivity index (χ3n) is 2.00. The number of nitrogens with zero attached hydrogens (tertiary/aromatic N) is 1. The van der Waals surface area contributed by atoms with Gasteiger partial charge >= 0.3 is 11.9 Å². The summed E-state index contributed by atoms with van der Waals surface area (Å²) in [5, 5.41) is 19.4. The van der Waals surface area contributed by atoms with E-state index in [4.69, 9.17) is 5.11 Å². The summed E-state index contributed by atoms with van der Waals surface area (Å²) in [6.07, 6.45) is 0. The Morgan fingerprint density at radius 2 is 2.11 bits per heavy atom. The molecule has 8 heteroatoms. The van der Waals surface area contributed by atoms with Crippen molar-refractivity contribution >= 4 is 17.6 Å². The van der Waals surface area contributed by atoms with E-state index in [1.165, 1.54) is 0 Å². The summed E-state index contributed by atoms with van der Waals surface area (Å²) in [5.41, 5.74) is -2.09. The van der Waals surface area contributed by atoms with E-state index >= 15 is 0 Å². The quantitative estimate of drug-likeness (QED) is 0.370. The first-order valence-electron chi connectivity index (χ1n) is 4.68. The average molecular weight is 267 g/mol. The van der Waals surface area contributed by atoms with E-state index < -0.39 is 39.5 Å². The van der Waals surface area contributed by atoms with E-state index in [9.17, 15) is 24.1 Å². The zero-order chi connectivity index (χ0) is 14.6. The van der Waals surface area contributed by atoms with Gasteiger partial charge in [0.1, 0.15) is 11.4 Å². The molecule has 0 saturated heterocycles. The Balaban J connectivity index is 3.39. The lowest BCUT2D eigenvalue weighted by Gasteiger charge is -2.00. The molecular weight excluding hydrogens is 261 g/mol. The van der Waals surface area contributed by atoms with Crippen LogP contribution in [0.3, 0.4) is 0 Å². The smallest absolute Gasteiger partial charge is 0.384 e. The van der Waals surface area contributed by atoms with E-state index in [0.29, 0.717) is 12.1 Å². The number of esters is 1. The van der Waals surface area contributed by atoms with Crippen molar-refractivity contribution in [3.63, 3.8) is 0 Å². The number of nitro benzene ring substituents is 1. The molecule has 0 fully saturated rings. The standard InChI is InChI=1S/C11H6FNO6/c1-19-10(14)3-2-6-4-9(13(17)18)7(11(15)16)5-8(6)12/h4-5H,1H3,(H,15,16). The van der Waals surface area contributed by atoms with Crippen molar-refractivity contribution in [2.24, 2.45) is 0 Å². The molecule has 7 nitrogen and oxygen atoms in total. The highest BCUT2D eigenvalue weighted by Crippen LogP contribution is 2.22. The van der Waals surface area contributed by atoms with Crippen molar-refractivity contribution in [2.45, 2.75) is 0 Å². The van der Waals surface area contributed by atoms with Crippen LogP contribution in [-0.2, 0) is 9.53 Å². The maximum Gasteiger partial charge on any atom is 0.384 e. The van der Waals surface area contributed by atoms with Crippen LogP contribution in [0.25, 0.3) is 0 Å². The molecule has 0 saturated carbocycles. The number of hydrogen-bond acceptors (Lipinski definition) is 5. The van der Waals surface area contributed by atoms with Crippen molar-refractivity contribution in [1.29, 1.82) is 0 Å². The molecule has 0 spiro atoms. The van der Waals surface area contributed by atoms with Crippen LogP contribution in [0, 0.1) is 27.8 Å². The highest BCUT2D eigenvalue weighted by atomic mass is 19.1. The summed E-state index contributed by atoms with van der Waals surface area (Å²) in [6.45, 7) is 0. The Morgan fingerprint density at radius 1 is 1.47 bits per heavy atom. The summed E-state index contributed by atoms with van der Waals surface area (Å²) in [5.74, 6) is 0.232. The molecule has 1 N–H and O–H groups in total. The zero-order valence-corrected chi connectivity index (χ0v) is 9.47. The number of carboxylic acid groups (broad SMARTS) is 1. The molecule has 1 rings (SSSR count). The molecule has 19 heavy (non-hydrogen) atoms. The average Bonchev–Trinajstić information content (AvgIpc) is 2.35. The van der Waals surface area contributed by atoms with Gasteiger partial charge in [-0.3, -0.25) is 10.1 Å². The number of aromatic carboxylic acids is 1. The van der Waals surface area contributed by atoms with Gasteiger partial charge in [0, 0.05) is 12.0 Å². The minimum absolute atomic E-state index is 0.470. The molecule has 0 aliphatic rings. The van der Waals surface area contributed by atoms with Gasteiger partial charge in [-0.2, -0.15) is 0 Å². The first-order valence-corrected chi connectivity index (χ1v) is 4.68. The molecule has 0 amide bonds. The third kappa shape index (κ3) is 3.26. The number of ether oxygens (including phenoxy) is 1. The minimum atomic E-state index is -1.64. The molecule has 0 unspecified atom stereocenters. The van der Waals surface area contributed by atoms with Crippen LogP contribution in [0.5, 0.6) is 0 Å². The number of nitro groups is 1. The highest BCUT2D eigenvalue weighted by Gasteiger charge is 2.22. The Bertz CT molecular complexity index is 628. The minimum Gasteiger partial charge on any atom is -0.477 e. The number of halogens is 1. The van der Waals surface area contributed by atoms with E-state index in [2.05, 4.69) is 4.74 Å². The van der Waals surface area contributed by atoms with Crippen LogP contribution < -0.4 is 0 Å². The largest absolute Gasteiger partial charge is 0.477 e. The van der Waals surface area contributed by atoms with E-state index in [1.807, 2.05) is 11.8 Å². The van der Waals surface area contributed by atoms with Crippen LogP contribution in [0.4, 0.5) is 10.1 Å². The van der Waals surface area contributed by atoms with Crippen molar-refractivity contribution in [3.8, 4) is 11.8 Å². The normalized spacial score (nSPS) is 9.16. The second-order valence-corrected chi connectivity index (χ2v) is 3.15. The second kappa shape index (κ2) is 5.59. The number of benzene rings is 1. The van der Waals surface area contributed by atoms with Gasteiger partial charge in [-0.05, 0) is 6.07 Å². The molecule has 0 aliphatic carbocycles. The van der Waals surface area contributed by atoms with Gasteiger partial charge in [0.05, 0.1) is 17.6 Å². The molecule has 0 heterocycles. The Morgan fingerprint density at radius 3 is 2.58 bits per heavy atom. The number of hydrogen-bond donors (Lipinski definition) is 1. The number of carboxylic acids is 1. The molecule has 0 aromatic heterocycles. The van der Waals surface area contributed by atoms with Gasteiger partial charge in [-0.1, -0.05) is 5.92 Å². The predicted molar refractivity (Wildman–Crippen MR) is 58.9 cm³/mol. The monoisotopic (exact) mass is 267 g/mol. The van der Waals surface area contributed by atoms with E-state index in [-0.39, 0.29) is 0 Å². The number of methoxy groups -OCH3 is 1. The van der Waals surface area contributed by atoms with Crippen LogP contribution >= 0.6 is 0 Å². The summed E-state index contributed by atoms with van der Waals surface area (Å²) in [7, 11) is 1.06. The Labute approximate surface area is 105 Å². The highest BCUT2D eigenvalue weighted by molar-refractivity contribution is 5.93. The van der Waals surface area contributed by atoms with Gasteiger partial charge in [-0.25, -0.2) is 14.0 Å². The SMILES string of the molecule is COC(=O)C#Cc1cc([N+](=O)[O-])c(C(=O)O)cc1F. The fraction of sp³-hybridized carbons (Fsp3) is 0.0909. The molecule has 0 atom stereocenters. The topological polar surface area (TPSA) is 107 Å².